The topological polar surface area (TPSA) is 131 Å². The third-order valence-corrected chi connectivity index (χ3v) is 5.89. The summed E-state index contributed by atoms with van der Waals surface area (Å²) in [6.07, 6.45) is 4.47. The highest BCUT2D eigenvalue weighted by Crippen LogP contribution is 2.24. The van der Waals surface area contributed by atoms with Crippen LogP contribution in [0.1, 0.15) is 18.4 Å². The number of ether oxygens (including phenoxy) is 1. The normalized spacial score (nSPS) is 16.8. The van der Waals surface area contributed by atoms with E-state index in [1.807, 2.05) is 25.2 Å². The molecular formula is C24H32FN7O2. The first kappa shape index (κ1) is 25.1. The Labute approximate surface area is 199 Å². The first-order valence-corrected chi connectivity index (χ1v) is 11.1. The number of aliphatic imine (C=N–C) groups is 1. The van der Waals surface area contributed by atoms with E-state index < -0.39 is 11.9 Å². The Morgan fingerprint density at radius 2 is 2.06 bits per heavy atom. The van der Waals surface area contributed by atoms with Gasteiger partial charge in [-0.2, -0.15) is 4.39 Å². The third kappa shape index (κ3) is 6.75. The number of piperidine rings is 1. The quantitative estimate of drug-likeness (QED) is 0.179. The monoisotopic (exact) mass is 469 g/mol. The number of nitrogens with two attached hydrogens (primary N) is 2. The number of carbonyl (C=O) groups is 1. The minimum absolute atomic E-state index is 0.0338. The summed E-state index contributed by atoms with van der Waals surface area (Å²) in [5.74, 6) is -0.664. The van der Waals surface area contributed by atoms with Crippen molar-refractivity contribution in [1.82, 2.24) is 20.5 Å². The van der Waals surface area contributed by atoms with Gasteiger partial charge in [-0.05, 0) is 43.7 Å². The predicted molar refractivity (Wildman–Crippen MR) is 130 cm³/mol. The summed E-state index contributed by atoms with van der Waals surface area (Å²) in [6, 6.07) is 10.7. The first-order valence-electron chi connectivity index (χ1n) is 11.1. The highest BCUT2D eigenvalue weighted by molar-refractivity contribution is 6.20. The SMILES string of the molecule is CNCC1(N/C=C(/C(N)=O)C(N)=Nc2ccnc(F)c2)CCN(Cc2cccc(OC)c2)CC1. The standard InChI is InChI=1S/C24H32FN7O2/c1-28-16-24(7-10-32(11-8-24)15-17-4-3-5-19(12-17)34-2)30-14-20(23(27)33)22(26)31-18-6-9-29-21(25)13-18/h3-6,9,12-14,28,30H,7-8,10-11,15-16H2,1-2H3,(H2,27,33)(H2,26,29,31)/b20-14+. The number of rotatable bonds is 10. The van der Waals surface area contributed by atoms with E-state index >= 15 is 0 Å². The molecule has 0 bridgehead atoms. The molecule has 6 N–H and O–H groups in total. The molecule has 1 fully saturated rings. The number of carbonyl (C=O) groups excluding carboxylic acids is 1. The van der Waals surface area contributed by atoms with E-state index in [9.17, 15) is 9.18 Å². The maximum Gasteiger partial charge on any atom is 0.253 e. The minimum atomic E-state index is -0.724. The number of methoxy groups -OCH3 is 1. The molecule has 1 amide bonds. The van der Waals surface area contributed by atoms with Gasteiger partial charge in [-0.3, -0.25) is 9.69 Å². The number of primary amides is 1. The molecule has 0 atom stereocenters. The van der Waals surface area contributed by atoms with Gasteiger partial charge in [0.2, 0.25) is 5.95 Å². The number of amidine groups is 1. The van der Waals surface area contributed by atoms with Crippen LogP contribution in [-0.2, 0) is 11.3 Å². The average Bonchev–Trinajstić information content (AvgIpc) is 2.81. The van der Waals surface area contributed by atoms with E-state index in [1.54, 1.807) is 7.11 Å². The molecule has 1 aliphatic heterocycles. The van der Waals surface area contributed by atoms with Gasteiger partial charge in [-0.25, -0.2) is 9.98 Å². The fourth-order valence-corrected chi connectivity index (χ4v) is 4.04. The lowest BCUT2D eigenvalue weighted by atomic mass is 9.87. The second-order valence-electron chi connectivity index (χ2n) is 8.34. The molecular weight excluding hydrogens is 437 g/mol. The zero-order chi connectivity index (χ0) is 24.6. The van der Waals surface area contributed by atoms with Crippen LogP contribution in [0.4, 0.5) is 10.1 Å². The second kappa shape index (κ2) is 11.6. The van der Waals surface area contributed by atoms with Crippen molar-refractivity contribution >= 4 is 17.4 Å². The van der Waals surface area contributed by atoms with E-state index in [4.69, 9.17) is 16.2 Å². The first-order chi connectivity index (χ1) is 16.3. The Kier molecular flexibility index (Phi) is 8.55. The number of hydrogen-bond donors (Lipinski definition) is 4. The van der Waals surface area contributed by atoms with Crippen molar-refractivity contribution in [2.75, 3.05) is 33.8 Å². The molecule has 0 aliphatic carbocycles. The zero-order valence-electron chi connectivity index (χ0n) is 19.6. The van der Waals surface area contributed by atoms with Crippen molar-refractivity contribution in [3.8, 4) is 5.75 Å². The number of nitrogens with one attached hydrogen (secondary N) is 2. The molecule has 0 spiro atoms. The van der Waals surface area contributed by atoms with Gasteiger partial charge in [0, 0.05) is 44.6 Å². The van der Waals surface area contributed by atoms with Gasteiger partial charge < -0.3 is 26.8 Å². The number of pyridine rings is 1. The number of nitrogens with zero attached hydrogens (tertiary/aromatic N) is 3. The van der Waals surface area contributed by atoms with Gasteiger partial charge in [-0.1, -0.05) is 12.1 Å². The van der Waals surface area contributed by atoms with E-state index in [1.165, 1.54) is 24.0 Å². The fraction of sp³-hybridized carbons (Fsp3) is 0.375. The highest BCUT2D eigenvalue weighted by Gasteiger charge is 2.33. The van der Waals surface area contributed by atoms with Gasteiger partial charge in [0.1, 0.15) is 11.6 Å². The molecule has 9 nitrogen and oxygen atoms in total. The Bertz CT molecular complexity index is 1050. The zero-order valence-corrected chi connectivity index (χ0v) is 19.6. The molecule has 0 radical (unpaired) electrons. The fourth-order valence-electron chi connectivity index (χ4n) is 4.04. The van der Waals surface area contributed by atoms with Crippen molar-refractivity contribution in [3.05, 3.63) is 65.9 Å². The molecule has 2 aromatic rings. The summed E-state index contributed by atoms with van der Waals surface area (Å²) >= 11 is 0. The molecule has 34 heavy (non-hydrogen) atoms. The number of halogens is 1. The van der Waals surface area contributed by atoms with E-state index in [0.717, 1.165) is 44.3 Å². The Morgan fingerprint density at radius 3 is 2.71 bits per heavy atom. The van der Waals surface area contributed by atoms with E-state index in [2.05, 4.69) is 31.6 Å². The van der Waals surface area contributed by atoms with Gasteiger partial charge in [0.15, 0.2) is 0 Å². The lowest BCUT2D eigenvalue weighted by Gasteiger charge is -2.42. The summed E-state index contributed by atoms with van der Waals surface area (Å²) in [5.41, 5.74) is 12.8. The van der Waals surface area contributed by atoms with Gasteiger partial charge >= 0.3 is 0 Å². The summed E-state index contributed by atoms with van der Waals surface area (Å²) < 4.78 is 18.7. The minimum Gasteiger partial charge on any atom is -0.497 e. The number of likely N-dealkylation sites (N-methyl/N-ethyl adjacent to an activating group) is 1. The molecule has 1 aromatic heterocycles. The summed E-state index contributed by atoms with van der Waals surface area (Å²) in [5, 5.41) is 6.61. The van der Waals surface area contributed by atoms with Crippen LogP contribution in [0.25, 0.3) is 0 Å². The Balaban J connectivity index is 1.70. The number of likely N-dealkylation sites (tertiary alicyclic amines) is 1. The average molecular weight is 470 g/mol. The largest absolute Gasteiger partial charge is 0.497 e. The number of amides is 1. The molecule has 0 saturated carbocycles. The molecule has 0 unspecified atom stereocenters. The van der Waals surface area contributed by atoms with E-state index in [-0.39, 0.29) is 22.6 Å². The van der Waals surface area contributed by atoms with Gasteiger partial charge in [0.25, 0.3) is 5.91 Å². The molecule has 1 aromatic carbocycles. The van der Waals surface area contributed by atoms with Crippen molar-refractivity contribution < 1.29 is 13.9 Å². The van der Waals surface area contributed by atoms with Crippen LogP contribution in [0.5, 0.6) is 5.75 Å². The molecule has 1 saturated heterocycles. The van der Waals surface area contributed by atoms with Crippen molar-refractivity contribution in [1.29, 1.82) is 0 Å². The smallest absolute Gasteiger partial charge is 0.253 e. The maximum atomic E-state index is 13.4. The van der Waals surface area contributed by atoms with Crippen LogP contribution >= 0.6 is 0 Å². The van der Waals surface area contributed by atoms with Crippen LogP contribution in [0.3, 0.4) is 0 Å². The van der Waals surface area contributed by atoms with Crippen molar-refractivity contribution in [3.63, 3.8) is 0 Å². The third-order valence-electron chi connectivity index (χ3n) is 5.89. The van der Waals surface area contributed by atoms with Crippen LogP contribution in [0, 0.1) is 5.95 Å². The highest BCUT2D eigenvalue weighted by atomic mass is 19.1. The molecule has 10 heteroatoms. The van der Waals surface area contributed by atoms with E-state index in [0.29, 0.717) is 6.54 Å². The number of hydrogen-bond acceptors (Lipinski definition) is 7. The Morgan fingerprint density at radius 1 is 1.29 bits per heavy atom. The molecule has 2 heterocycles. The Hall–Kier alpha value is -3.50. The molecule has 1 aliphatic rings. The van der Waals surface area contributed by atoms with Crippen molar-refractivity contribution in [2.24, 2.45) is 16.5 Å². The van der Waals surface area contributed by atoms with Crippen LogP contribution in [0.2, 0.25) is 0 Å². The maximum absolute atomic E-state index is 13.4. The predicted octanol–water partition coefficient (Wildman–Crippen LogP) is 1.43. The summed E-state index contributed by atoms with van der Waals surface area (Å²) in [4.78, 5) is 22.1. The lowest BCUT2D eigenvalue weighted by molar-refractivity contribution is -0.114. The molecule has 182 valence electrons. The number of aromatic nitrogens is 1. The molecule has 3 rings (SSSR count). The van der Waals surface area contributed by atoms with Crippen molar-refractivity contribution in [2.45, 2.75) is 24.9 Å². The summed E-state index contributed by atoms with van der Waals surface area (Å²) in [6.45, 7) is 3.25. The van der Waals surface area contributed by atoms with Gasteiger partial charge in [-0.15, -0.1) is 0 Å². The second-order valence-corrected chi connectivity index (χ2v) is 8.34. The van der Waals surface area contributed by atoms with Gasteiger partial charge in [0.05, 0.1) is 23.9 Å². The van der Waals surface area contributed by atoms with Crippen LogP contribution in [0.15, 0.2) is 59.4 Å². The van der Waals surface area contributed by atoms with Crippen LogP contribution < -0.4 is 26.8 Å². The summed E-state index contributed by atoms with van der Waals surface area (Å²) in [7, 11) is 3.55. The lowest BCUT2D eigenvalue weighted by Crippen LogP contribution is -2.56. The van der Waals surface area contributed by atoms with Crippen LogP contribution in [-0.4, -0.2) is 61.0 Å². The number of benzene rings is 1.